The Bertz CT molecular complexity index is 205. The van der Waals surface area contributed by atoms with E-state index in [0.29, 0.717) is 0 Å². The highest BCUT2D eigenvalue weighted by atomic mass is 16.5. The average molecular weight is 196 g/mol. The molecule has 14 heavy (non-hydrogen) atoms. The third-order valence-corrected chi connectivity index (χ3v) is 3.46. The fourth-order valence-corrected chi connectivity index (χ4v) is 2.61. The first-order chi connectivity index (χ1) is 6.92. The second-order valence-corrected chi connectivity index (χ2v) is 4.39. The van der Waals surface area contributed by atoms with Gasteiger partial charge in [0.05, 0.1) is 13.2 Å². The van der Waals surface area contributed by atoms with Gasteiger partial charge in [-0.05, 0) is 12.8 Å². The summed E-state index contributed by atoms with van der Waals surface area (Å²) in [5.41, 5.74) is 0. The number of hydrogen-bond donors (Lipinski definition) is 0. The van der Waals surface area contributed by atoms with Crippen molar-refractivity contribution in [1.82, 2.24) is 15.1 Å². The summed E-state index contributed by atoms with van der Waals surface area (Å²) in [4.78, 5) is 4.96. The number of nitrogens with zero attached hydrogens (tertiary/aromatic N) is 3. The van der Waals surface area contributed by atoms with E-state index in [1.165, 1.54) is 39.0 Å². The summed E-state index contributed by atoms with van der Waals surface area (Å²) < 4.78 is 5.62. The number of likely N-dealkylation sites (tertiary alicyclic amines) is 1. The fourth-order valence-electron chi connectivity index (χ4n) is 2.61. The molecule has 4 nitrogen and oxygen atoms in total. The fraction of sp³-hybridized carbons (Fsp3) is 1.00. The molecule has 0 aromatic heterocycles. The Hall–Kier alpha value is -0.160. The van der Waals surface area contributed by atoms with Crippen LogP contribution in [0.3, 0.4) is 0 Å². The van der Waals surface area contributed by atoms with Gasteiger partial charge in [-0.15, -0.1) is 0 Å². The molecule has 3 aliphatic rings. The van der Waals surface area contributed by atoms with Crippen LogP contribution in [0.1, 0.15) is 12.8 Å². The van der Waals surface area contributed by atoms with Gasteiger partial charge in [0.1, 0.15) is 0 Å². The van der Waals surface area contributed by atoms with E-state index in [1.807, 2.05) is 0 Å². The SMILES string of the molecule is C1CCN(C2(N3CC3)COCC[N]2)C1. The molecule has 3 heterocycles. The van der Waals surface area contributed by atoms with Crippen LogP contribution >= 0.6 is 0 Å². The lowest BCUT2D eigenvalue weighted by Gasteiger charge is -2.44. The van der Waals surface area contributed by atoms with Crippen LogP contribution in [0.5, 0.6) is 0 Å². The molecule has 79 valence electrons. The van der Waals surface area contributed by atoms with E-state index in [9.17, 15) is 0 Å². The minimum absolute atomic E-state index is 0.0608. The van der Waals surface area contributed by atoms with Crippen LogP contribution in [0.15, 0.2) is 0 Å². The summed E-state index contributed by atoms with van der Waals surface area (Å²) in [5.74, 6) is -0.0608. The number of rotatable bonds is 2. The highest BCUT2D eigenvalue weighted by molar-refractivity contribution is 4.97. The summed E-state index contributed by atoms with van der Waals surface area (Å²) in [7, 11) is 0. The maximum atomic E-state index is 5.62. The lowest BCUT2D eigenvalue weighted by molar-refractivity contribution is -0.111. The molecule has 0 spiro atoms. The van der Waals surface area contributed by atoms with E-state index < -0.39 is 0 Å². The van der Waals surface area contributed by atoms with Crippen LogP contribution in [0.25, 0.3) is 0 Å². The van der Waals surface area contributed by atoms with E-state index in [4.69, 9.17) is 10.1 Å². The molecule has 1 unspecified atom stereocenters. The van der Waals surface area contributed by atoms with Crippen molar-refractivity contribution in [2.24, 2.45) is 0 Å². The second-order valence-electron chi connectivity index (χ2n) is 4.39. The van der Waals surface area contributed by atoms with Crippen molar-refractivity contribution in [2.75, 3.05) is 45.9 Å². The molecular formula is C10H18N3O. The maximum Gasteiger partial charge on any atom is 0.168 e. The average Bonchev–Trinajstić information content (AvgIpc) is 2.95. The zero-order valence-corrected chi connectivity index (χ0v) is 8.61. The summed E-state index contributed by atoms with van der Waals surface area (Å²) in [6.07, 6.45) is 2.65. The zero-order valence-electron chi connectivity index (χ0n) is 8.61. The van der Waals surface area contributed by atoms with E-state index in [-0.39, 0.29) is 5.79 Å². The quantitative estimate of drug-likeness (QED) is 0.567. The van der Waals surface area contributed by atoms with Crippen molar-refractivity contribution in [3.8, 4) is 0 Å². The monoisotopic (exact) mass is 196 g/mol. The van der Waals surface area contributed by atoms with Gasteiger partial charge in [0, 0.05) is 32.7 Å². The van der Waals surface area contributed by atoms with E-state index in [2.05, 4.69) is 9.80 Å². The molecule has 4 heteroatoms. The van der Waals surface area contributed by atoms with Gasteiger partial charge in [-0.25, -0.2) is 5.32 Å². The van der Waals surface area contributed by atoms with E-state index >= 15 is 0 Å². The summed E-state index contributed by atoms with van der Waals surface area (Å²) >= 11 is 0. The van der Waals surface area contributed by atoms with Crippen LogP contribution in [-0.4, -0.2) is 61.5 Å². The van der Waals surface area contributed by atoms with Crippen molar-refractivity contribution >= 4 is 0 Å². The topological polar surface area (TPSA) is 29.6 Å². The predicted octanol–water partition coefficient (Wildman–Crippen LogP) is -0.314. The van der Waals surface area contributed by atoms with Crippen molar-refractivity contribution in [1.29, 1.82) is 0 Å². The van der Waals surface area contributed by atoms with Gasteiger partial charge in [-0.1, -0.05) is 0 Å². The Labute approximate surface area is 85.2 Å². The van der Waals surface area contributed by atoms with Crippen LogP contribution in [-0.2, 0) is 4.74 Å². The van der Waals surface area contributed by atoms with Gasteiger partial charge in [-0.3, -0.25) is 9.80 Å². The first kappa shape index (κ1) is 9.09. The molecule has 0 aromatic carbocycles. The Morgan fingerprint density at radius 3 is 2.29 bits per heavy atom. The molecule has 1 radical (unpaired) electrons. The van der Waals surface area contributed by atoms with Crippen LogP contribution in [0.2, 0.25) is 0 Å². The lowest BCUT2D eigenvalue weighted by atomic mass is 10.2. The smallest absolute Gasteiger partial charge is 0.168 e. The van der Waals surface area contributed by atoms with Crippen molar-refractivity contribution in [2.45, 2.75) is 18.6 Å². The van der Waals surface area contributed by atoms with Crippen molar-refractivity contribution in [3.05, 3.63) is 0 Å². The predicted molar refractivity (Wildman–Crippen MR) is 52.9 cm³/mol. The van der Waals surface area contributed by atoms with Gasteiger partial charge in [0.25, 0.3) is 0 Å². The molecule has 0 saturated carbocycles. The number of hydrogen-bond acceptors (Lipinski definition) is 3. The van der Waals surface area contributed by atoms with Crippen LogP contribution < -0.4 is 5.32 Å². The summed E-state index contributed by atoms with van der Waals surface area (Å²) in [5, 5.41) is 4.83. The Morgan fingerprint density at radius 2 is 1.71 bits per heavy atom. The van der Waals surface area contributed by atoms with Gasteiger partial charge in [-0.2, -0.15) is 0 Å². The second kappa shape index (κ2) is 3.45. The standard InChI is InChI=1S/C10H18N3O/c1-2-5-12(4-1)10(13-6-7-13)9-14-8-3-11-10/h1-9H2. The van der Waals surface area contributed by atoms with Crippen LogP contribution in [0, 0.1) is 0 Å². The largest absolute Gasteiger partial charge is 0.375 e. The highest BCUT2D eigenvalue weighted by Crippen LogP contribution is 2.30. The Morgan fingerprint density at radius 1 is 1.00 bits per heavy atom. The molecule has 1 atom stereocenters. The van der Waals surface area contributed by atoms with E-state index in [0.717, 1.165) is 19.8 Å². The molecule has 0 aliphatic carbocycles. The van der Waals surface area contributed by atoms with Gasteiger partial charge < -0.3 is 4.74 Å². The number of morpholine rings is 1. The molecule has 3 saturated heterocycles. The van der Waals surface area contributed by atoms with Crippen LogP contribution in [0.4, 0.5) is 0 Å². The van der Waals surface area contributed by atoms with Crippen molar-refractivity contribution < 1.29 is 4.74 Å². The molecule has 0 amide bonds. The van der Waals surface area contributed by atoms with Crippen molar-refractivity contribution in [3.63, 3.8) is 0 Å². The molecule has 0 aromatic rings. The van der Waals surface area contributed by atoms with Gasteiger partial charge in [0.2, 0.25) is 0 Å². The first-order valence-corrected chi connectivity index (χ1v) is 5.68. The highest BCUT2D eigenvalue weighted by Gasteiger charge is 2.50. The van der Waals surface area contributed by atoms with Gasteiger partial charge in [0.15, 0.2) is 5.79 Å². The molecule has 3 fully saturated rings. The normalized spacial score (nSPS) is 40.3. The molecule has 3 rings (SSSR count). The maximum absolute atomic E-state index is 5.62. The van der Waals surface area contributed by atoms with E-state index in [1.54, 1.807) is 0 Å². The summed E-state index contributed by atoms with van der Waals surface area (Å²) in [6.45, 7) is 7.25. The lowest BCUT2D eigenvalue weighted by Crippen LogP contribution is -2.65. The molecular weight excluding hydrogens is 178 g/mol. The third kappa shape index (κ3) is 1.37. The zero-order chi connectivity index (χ0) is 9.43. The number of ether oxygens (including phenoxy) is 1. The Balaban J connectivity index is 1.78. The molecule has 3 aliphatic heterocycles. The molecule has 0 bridgehead atoms. The minimum Gasteiger partial charge on any atom is -0.375 e. The Kier molecular flexibility index (Phi) is 2.24. The molecule has 0 N–H and O–H groups in total. The van der Waals surface area contributed by atoms with Gasteiger partial charge >= 0.3 is 0 Å². The minimum atomic E-state index is -0.0608. The third-order valence-electron chi connectivity index (χ3n) is 3.46. The summed E-state index contributed by atoms with van der Waals surface area (Å²) in [6, 6.07) is 0. The first-order valence-electron chi connectivity index (χ1n) is 5.68.